The average molecular weight is 476 g/mol. The van der Waals surface area contributed by atoms with Crippen LogP contribution in [0.5, 0.6) is 0 Å². The number of nitrogens with zero attached hydrogens (tertiary/aromatic N) is 2. The molecule has 2 heterocycles. The minimum Gasteiger partial charge on any atom is -0.460 e. The van der Waals surface area contributed by atoms with E-state index in [1.807, 2.05) is 35.2 Å². The molecule has 4 rings (SSSR count). The standard InChI is InChI=1S/C22H22ClN3O5S/c23-17-12-18-19(32(29,30)25-20-9-5-2-6-10-26(18)20)11-16(17)22(28)24-13-21(27)31-14-15-7-3-1-4-8-15/h1,3-4,7-8,11-12H,2,5-6,9-10,13-14H2,(H,24,28). The van der Waals surface area contributed by atoms with Gasteiger partial charge in [-0.3, -0.25) is 9.59 Å². The van der Waals surface area contributed by atoms with Gasteiger partial charge in [-0.1, -0.05) is 48.4 Å². The molecular formula is C22H22ClN3O5S. The maximum Gasteiger partial charge on any atom is 0.325 e. The third kappa shape index (κ3) is 4.78. The van der Waals surface area contributed by atoms with Crippen molar-refractivity contribution in [2.24, 2.45) is 4.40 Å². The molecule has 0 radical (unpaired) electrons. The van der Waals surface area contributed by atoms with E-state index in [-0.39, 0.29) is 28.6 Å². The van der Waals surface area contributed by atoms with Gasteiger partial charge in [0.15, 0.2) is 0 Å². The number of ether oxygens (including phenoxy) is 1. The fourth-order valence-electron chi connectivity index (χ4n) is 3.71. The summed E-state index contributed by atoms with van der Waals surface area (Å²) in [5.41, 5.74) is 1.21. The van der Waals surface area contributed by atoms with E-state index >= 15 is 0 Å². The first-order chi connectivity index (χ1) is 15.3. The summed E-state index contributed by atoms with van der Waals surface area (Å²) in [4.78, 5) is 26.4. The molecule has 168 valence electrons. The Hall–Kier alpha value is -2.91. The van der Waals surface area contributed by atoms with Crippen molar-refractivity contribution in [1.82, 2.24) is 5.32 Å². The van der Waals surface area contributed by atoms with Gasteiger partial charge in [0.2, 0.25) is 0 Å². The summed E-state index contributed by atoms with van der Waals surface area (Å²) in [5.74, 6) is -0.789. The Labute approximate surface area is 191 Å². The summed E-state index contributed by atoms with van der Waals surface area (Å²) in [6, 6.07) is 11.9. The van der Waals surface area contributed by atoms with E-state index in [2.05, 4.69) is 9.71 Å². The zero-order valence-corrected chi connectivity index (χ0v) is 18.8. The fraction of sp³-hybridized carbons (Fsp3) is 0.318. The number of anilines is 1. The zero-order valence-electron chi connectivity index (χ0n) is 17.2. The number of esters is 1. The molecule has 0 atom stereocenters. The van der Waals surface area contributed by atoms with Crippen molar-refractivity contribution in [3.63, 3.8) is 0 Å². The molecule has 0 spiro atoms. The zero-order chi connectivity index (χ0) is 22.7. The Kier molecular flexibility index (Phi) is 6.48. The highest BCUT2D eigenvalue weighted by Crippen LogP contribution is 2.37. The van der Waals surface area contributed by atoms with Crippen molar-refractivity contribution >= 4 is 45.0 Å². The minimum absolute atomic E-state index is 0.0432. The lowest BCUT2D eigenvalue weighted by Gasteiger charge is -2.30. The minimum atomic E-state index is -3.96. The Morgan fingerprint density at radius 1 is 1.12 bits per heavy atom. The van der Waals surface area contributed by atoms with Crippen LogP contribution in [0.15, 0.2) is 51.8 Å². The molecule has 2 aliphatic rings. The molecule has 0 unspecified atom stereocenters. The second-order valence-corrected chi connectivity index (χ2v) is 9.55. The quantitative estimate of drug-likeness (QED) is 0.665. The number of hydrogen-bond donors (Lipinski definition) is 1. The number of amidine groups is 1. The predicted octanol–water partition coefficient (Wildman–Crippen LogP) is 3.29. The molecule has 0 aliphatic carbocycles. The van der Waals surface area contributed by atoms with E-state index in [0.29, 0.717) is 24.5 Å². The maximum atomic E-state index is 12.7. The number of hydrogen-bond acceptors (Lipinski definition) is 6. The molecule has 1 fully saturated rings. The summed E-state index contributed by atoms with van der Waals surface area (Å²) in [6.45, 7) is 0.348. The molecule has 1 saturated heterocycles. The summed E-state index contributed by atoms with van der Waals surface area (Å²) < 4.78 is 34.6. The van der Waals surface area contributed by atoms with Crippen LogP contribution in [0, 0.1) is 0 Å². The molecule has 0 bridgehead atoms. The highest BCUT2D eigenvalue weighted by atomic mass is 35.5. The first kappa shape index (κ1) is 22.3. The number of benzene rings is 2. The topological polar surface area (TPSA) is 105 Å². The first-order valence-corrected chi connectivity index (χ1v) is 12.1. The molecule has 2 aromatic carbocycles. The van der Waals surface area contributed by atoms with Crippen LogP contribution in [0.4, 0.5) is 5.69 Å². The summed E-state index contributed by atoms with van der Waals surface area (Å²) >= 11 is 6.34. The lowest BCUT2D eigenvalue weighted by molar-refractivity contribution is -0.143. The number of nitrogens with one attached hydrogen (secondary N) is 1. The van der Waals surface area contributed by atoms with Crippen molar-refractivity contribution in [3.8, 4) is 0 Å². The van der Waals surface area contributed by atoms with Crippen LogP contribution >= 0.6 is 11.6 Å². The van der Waals surface area contributed by atoms with E-state index in [1.165, 1.54) is 12.1 Å². The smallest absolute Gasteiger partial charge is 0.325 e. The van der Waals surface area contributed by atoms with Gasteiger partial charge in [0.25, 0.3) is 15.9 Å². The monoisotopic (exact) mass is 475 g/mol. The highest BCUT2D eigenvalue weighted by molar-refractivity contribution is 7.90. The van der Waals surface area contributed by atoms with Gasteiger partial charge in [0.1, 0.15) is 23.9 Å². The van der Waals surface area contributed by atoms with Crippen molar-refractivity contribution in [2.45, 2.75) is 37.2 Å². The molecule has 10 heteroatoms. The number of amides is 1. The third-order valence-corrected chi connectivity index (χ3v) is 6.96. The van der Waals surface area contributed by atoms with Gasteiger partial charge in [0, 0.05) is 13.0 Å². The highest BCUT2D eigenvalue weighted by Gasteiger charge is 2.33. The molecule has 8 nitrogen and oxygen atoms in total. The number of carbonyl (C=O) groups excluding carboxylic acids is 2. The number of rotatable bonds is 5. The molecule has 32 heavy (non-hydrogen) atoms. The number of fused-ring (bicyclic) bond motifs is 3. The van der Waals surface area contributed by atoms with Gasteiger partial charge in [-0.2, -0.15) is 8.42 Å². The molecule has 2 aromatic rings. The Morgan fingerprint density at radius 2 is 1.91 bits per heavy atom. The number of sulfonamides is 1. The fourth-order valence-corrected chi connectivity index (χ4v) is 5.22. The van der Waals surface area contributed by atoms with Gasteiger partial charge in [-0.05, 0) is 30.5 Å². The second kappa shape index (κ2) is 9.30. The van der Waals surface area contributed by atoms with Crippen LogP contribution in [0.3, 0.4) is 0 Å². The Morgan fingerprint density at radius 3 is 2.69 bits per heavy atom. The average Bonchev–Trinajstić information content (AvgIpc) is 3.01. The van der Waals surface area contributed by atoms with Crippen LogP contribution in [0.1, 0.15) is 41.6 Å². The molecule has 0 saturated carbocycles. The molecular weight excluding hydrogens is 454 g/mol. The van der Waals surface area contributed by atoms with Gasteiger partial charge >= 0.3 is 5.97 Å². The molecule has 0 aromatic heterocycles. The van der Waals surface area contributed by atoms with Crippen LogP contribution in [0.2, 0.25) is 5.02 Å². The Balaban J connectivity index is 1.48. The normalized spacial score (nSPS) is 16.8. The van der Waals surface area contributed by atoms with E-state index < -0.39 is 21.9 Å². The predicted molar refractivity (Wildman–Crippen MR) is 120 cm³/mol. The third-order valence-electron chi connectivity index (χ3n) is 5.32. The van der Waals surface area contributed by atoms with E-state index in [9.17, 15) is 18.0 Å². The summed E-state index contributed by atoms with van der Waals surface area (Å²) in [6.07, 6.45) is 3.33. The van der Waals surface area contributed by atoms with Crippen molar-refractivity contribution in [3.05, 3.63) is 58.6 Å². The van der Waals surface area contributed by atoms with Crippen molar-refractivity contribution in [1.29, 1.82) is 0 Å². The van der Waals surface area contributed by atoms with Gasteiger partial charge < -0.3 is 15.0 Å². The van der Waals surface area contributed by atoms with Gasteiger partial charge in [-0.25, -0.2) is 0 Å². The lowest BCUT2D eigenvalue weighted by atomic mass is 10.1. The van der Waals surface area contributed by atoms with Crippen LogP contribution in [-0.2, 0) is 26.2 Å². The van der Waals surface area contributed by atoms with E-state index in [1.54, 1.807) is 0 Å². The van der Waals surface area contributed by atoms with Gasteiger partial charge in [0.05, 0.1) is 16.3 Å². The van der Waals surface area contributed by atoms with Crippen LogP contribution in [-0.4, -0.2) is 39.2 Å². The van der Waals surface area contributed by atoms with Crippen LogP contribution in [0.25, 0.3) is 0 Å². The van der Waals surface area contributed by atoms with Crippen molar-refractivity contribution in [2.75, 3.05) is 18.0 Å². The van der Waals surface area contributed by atoms with E-state index in [4.69, 9.17) is 16.3 Å². The second-order valence-electron chi connectivity index (χ2n) is 7.57. The number of halogens is 1. The molecule has 1 N–H and O–H groups in total. The SMILES string of the molecule is O=C(CNC(=O)c1cc2c(cc1Cl)N1CCCCCC1=NS2(=O)=O)OCc1ccccc1. The Bertz CT molecular complexity index is 1180. The van der Waals surface area contributed by atoms with Crippen LogP contribution < -0.4 is 10.2 Å². The lowest BCUT2D eigenvalue weighted by Crippen LogP contribution is -2.36. The largest absolute Gasteiger partial charge is 0.460 e. The van der Waals surface area contributed by atoms with E-state index in [0.717, 1.165) is 24.8 Å². The van der Waals surface area contributed by atoms with Gasteiger partial charge in [-0.15, -0.1) is 4.40 Å². The molecule has 1 amide bonds. The van der Waals surface area contributed by atoms with Crippen molar-refractivity contribution < 1.29 is 22.7 Å². The molecule has 2 aliphatic heterocycles. The maximum absolute atomic E-state index is 12.7. The number of carbonyl (C=O) groups is 2. The summed E-state index contributed by atoms with van der Waals surface area (Å²) in [5, 5.41) is 2.53. The summed E-state index contributed by atoms with van der Waals surface area (Å²) in [7, 11) is -3.96. The first-order valence-electron chi connectivity index (χ1n) is 10.3.